The van der Waals surface area contributed by atoms with Crippen LogP contribution in [0.5, 0.6) is 17.2 Å². The van der Waals surface area contributed by atoms with Crippen LogP contribution in [-0.2, 0) is 0 Å². The molecule has 4 aliphatic rings. The van der Waals surface area contributed by atoms with Gasteiger partial charge in [0, 0.05) is 43.0 Å². The van der Waals surface area contributed by atoms with E-state index in [1.54, 1.807) is 12.0 Å². The predicted octanol–water partition coefficient (Wildman–Crippen LogP) is 5.62. The number of amides is 1. The fourth-order valence-electron chi connectivity index (χ4n) is 6.99. The van der Waals surface area contributed by atoms with Crippen LogP contribution in [0.15, 0.2) is 53.6 Å². The van der Waals surface area contributed by atoms with E-state index in [0.29, 0.717) is 67.0 Å². The number of carbonyl (C=O) groups excluding carboxylic acids is 1. The highest BCUT2D eigenvalue weighted by Gasteiger charge is 2.44. The summed E-state index contributed by atoms with van der Waals surface area (Å²) in [7, 11) is 1.61. The van der Waals surface area contributed by atoms with Crippen molar-refractivity contribution in [3.63, 3.8) is 0 Å². The number of aryl methyl sites for hydroxylation is 1. The van der Waals surface area contributed by atoms with E-state index in [-0.39, 0.29) is 24.0 Å². The van der Waals surface area contributed by atoms with Gasteiger partial charge in [-0.05, 0) is 70.6 Å². The average molecular weight is 628 g/mol. The lowest BCUT2D eigenvalue weighted by molar-refractivity contribution is 0.0497. The number of rotatable bonds is 10. The Labute approximate surface area is 271 Å². The van der Waals surface area contributed by atoms with Crippen LogP contribution < -0.4 is 19.1 Å². The summed E-state index contributed by atoms with van der Waals surface area (Å²) in [5, 5.41) is 20.2. The molecule has 1 unspecified atom stereocenters. The maximum Gasteiger partial charge on any atom is 0.256 e. The Balaban J connectivity index is 1.05. The van der Waals surface area contributed by atoms with Crippen molar-refractivity contribution < 1.29 is 24.1 Å². The van der Waals surface area contributed by atoms with Gasteiger partial charge in [-0.15, -0.1) is 0 Å². The summed E-state index contributed by atoms with van der Waals surface area (Å²) in [6.07, 6.45) is 5.05. The van der Waals surface area contributed by atoms with E-state index < -0.39 is 6.23 Å². The summed E-state index contributed by atoms with van der Waals surface area (Å²) in [5.74, 6) is 2.28. The van der Waals surface area contributed by atoms with Crippen LogP contribution in [0.4, 0.5) is 11.4 Å². The first kappa shape index (κ1) is 31.7. The number of benzene rings is 2. The first-order valence-electron chi connectivity index (χ1n) is 16.2. The van der Waals surface area contributed by atoms with E-state index in [1.807, 2.05) is 61.1 Å². The normalized spacial score (nSPS) is 22.0. The molecule has 0 aromatic heterocycles. The topological polar surface area (TPSA) is 111 Å². The van der Waals surface area contributed by atoms with Crippen LogP contribution in [0, 0.1) is 12.3 Å². The Morgan fingerprint density at radius 1 is 0.957 bits per heavy atom. The molecule has 0 spiro atoms. The van der Waals surface area contributed by atoms with Gasteiger partial charge in [-0.2, -0.15) is 0 Å². The maximum atomic E-state index is 13.6. The summed E-state index contributed by atoms with van der Waals surface area (Å²) in [6.45, 7) is 16.4. The molecule has 0 radical (unpaired) electrons. The van der Waals surface area contributed by atoms with Gasteiger partial charge >= 0.3 is 0 Å². The highest BCUT2D eigenvalue weighted by atomic mass is 16.5. The number of nitrogens with one attached hydrogen (secondary N) is 1. The Morgan fingerprint density at radius 3 is 2.37 bits per heavy atom. The van der Waals surface area contributed by atoms with Gasteiger partial charge < -0.3 is 34.0 Å². The van der Waals surface area contributed by atoms with Crippen molar-refractivity contribution in [2.45, 2.75) is 77.2 Å². The Kier molecular flexibility index (Phi) is 8.83. The molecule has 3 atom stereocenters. The lowest BCUT2D eigenvalue weighted by Crippen LogP contribution is -2.50. The van der Waals surface area contributed by atoms with E-state index in [2.05, 4.69) is 18.2 Å². The molecule has 0 bridgehead atoms. The molecule has 2 saturated heterocycles. The third kappa shape index (κ3) is 5.86. The van der Waals surface area contributed by atoms with Crippen LogP contribution >= 0.6 is 0 Å². The van der Waals surface area contributed by atoms with Crippen LogP contribution in [0.3, 0.4) is 0 Å². The average Bonchev–Trinajstić information content (AvgIpc) is 3.56. The second-order valence-corrected chi connectivity index (χ2v) is 13.1. The number of nitrogens with zero attached hydrogens (tertiary/aromatic N) is 4. The number of fused-ring (bicyclic) bond motifs is 4. The molecule has 0 aliphatic carbocycles. The molecule has 2 fully saturated rings. The summed E-state index contributed by atoms with van der Waals surface area (Å²) in [6, 6.07) is 7.25. The van der Waals surface area contributed by atoms with Crippen molar-refractivity contribution in [3.05, 3.63) is 65.3 Å². The number of aliphatic imine (C=N–C) groups is 1. The van der Waals surface area contributed by atoms with Crippen LogP contribution in [0.1, 0.15) is 67.4 Å². The van der Waals surface area contributed by atoms with Crippen LogP contribution in [0.2, 0.25) is 0 Å². The molecular formula is C36H45N5O5. The molecule has 0 saturated carbocycles. The van der Waals surface area contributed by atoms with E-state index >= 15 is 0 Å². The van der Waals surface area contributed by atoms with Gasteiger partial charge in [0.2, 0.25) is 0 Å². The zero-order valence-corrected chi connectivity index (χ0v) is 27.3. The minimum absolute atomic E-state index is 0.0130. The fourth-order valence-corrected chi connectivity index (χ4v) is 6.99. The molecule has 4 heterocycles. The van der Waals surface area contributed by atoms with Crippen molar-refractivity contribution in [2.75, 3.05) is 38.3 Å². The molecule has 2 aromatic rings. The summed E-state index contributed by atoms with van der Waals surface area (Å²) >= 11 is 0. The molecule has 6 rings (SSSR count). The van der Waals surface area contributed by atoms with Gasteiger partial charge in [-0.3, -0.25) is 15.2 Å². The van der Waals surface area contributed by atoms with E-state index in [0.717, 1.165) is 53.7 Å². The lowest BCUT2D eigenvalue weighted by Gasteiger charge is -2.36. The number of aliphatic hydroxyl groups is 1. The van der Waals surface area contributed by atoms with Crippen molar-refractivity contribution in [1.29, 1.82) is 5.41 Å². The highest BCUT2D eigenvalue weighted by Crippen LogP contribution is 2.41. The zero-order valence-electron chi connectivity index (χ0n) is 27.3. The Bertz CT molecular complexity index is 1600. The molecule has 10 nitrogen and oxygen atoms in total. The van der Waals surface area contributed by atoms with Crippen molar-refractivity contribution in [3.8, 4) is 17.2 Å². The van der Waals surface area contributed by atoms with Gasteiger partial charge in [0.1, 0.15) is 17.8 Å². The zero-order chi connectivity index (χ0) is 32.7. The second-order valence-electron chi connectivity index (χ2n) is 13.1. The van der Waals surface area contributed by atoms with Crippen molar-refractivity contribution in [2.24, 2.45) is 4.99 Å². The molecule has 46 heavy (non-hydrogen) atoms. The van der Waals surface area contributed by atoms with Crippen LogP contribution in [0.25, 0.3) is 0 Å². The van der Waals surface area contributed by atoms with Gasteiger partial charge in [-0.1, -0.05) is 24.3 Å². The number of methoxy groups -OCH3 is 1. The molecule has 244 valence electrons. The largest absolute Gasteiger partial charge is 0.493 e. The number of carbonyl (C=O) groups is 1. The summed E-state index contributed by atoms with van der Waals surface area (Å²) in [5.41, 5.74) is 5.70. The quantitative estimate of drug-likeness (QED) is 0.260. The Morgan fingerprint density at radius 2 is 1.65 bits per heavy atom. The predicted molar refractivity (Wildman–Crippen MR) is 180 cm³/mol. The van der Waals surface area contributed by atoms with Gasteiger partial charge in [-0.25, -0.2) is 0 Å². The van der Waals surface area contributed by atoms with Gasteiger partial charge in [0.05, 0.1) is 49.3 Å². The standard InChI is InChI=1S/C36H45N5O5/c1-21(2)41-29-17-31(24(5)14-27(29)35(42)40-20-23(4)13-30(40)36(41)43)45-10-8-7-9-11-46-33-16-28-26(15-32(33)44-6)34(37)39-19-22(3)12-25(39)18-38-28/h14-18,21,25,30,36-37,43H,3-4,7-13,19-20H2,1-2,5-6H3/t25-,30-,36?/m0/s1. The number of hydrogen-bond acceptors (Lipinski definition) is 8. The van der Waals surface area contributed by atoms with E-state index in [4.69, 9.17) is 19.6 Å². The van der Waals surface area contributed by atoms with Gasteiger partial charge in [0.25, 0.3) is 5.91 Å². The van der Waals surface area contributed by atoms with Gasteiger partial charge in [0.15, 0.2) is 11.5 Å². The van der Waals surface area contributed by atoms with Crippen molar-refractivity contribution >= 4 is 29.3 Å². The number of amidine groups is 1. The smallest absolute Gasteiger partial charge is 0.256 e. The molecule has 1 amide bonds. The maximum absolute atomic E-state index is 13.6. The van der Waals surface area contributed by atoms with Crippen LogP contribution in [-0.4, -0.2) is 90.6 Å². The second kappa shape index (κ2) is 12.8. The molecule has 4 aliphatic heterocycles. The monoisotopic (exact) mass is 627 g/mol. The summed E-state index contributed by atoms with van der Waals surface area (Å²) in [4.78, 5) is 24.0. The number of unbranched alkanes of at least 4 members (excludes halogenated alkanes) is 2. The minimum atomic E-state index is -0.824. The molecule has 2 N–H and O–H groups in total. The SMILES string of the molecule is C=C1C[C@H]2C=Nc3cc(OCCCCCOc4cc5c(cc4C)C(=O)N4CC(=C)C[C@H]4C(O)N5C(C)C)c(OC)cc3C(=N)N2C1. The highest BCUT2D eigenvalue weighted by molar-refractivity contribution is 6.05. The molecular weight excluding hydrogens is 582 g/mol. The first-order chi connectivity index (χ1) is 22.1. The van der Waals surface area contributed by atoms with E-state index in [9.17, 15) is 9.90 Å². The number of ether oxygens (including phenoxy) is 3. The molecule has 10 heteroatoms. The van der Waals surface area contributed by atoms with Crippen molar-refractivity contribution in [1.82, 2.24) is 9.80 Å². The number of anilines is 1. The Hall–Kier alpha value is -4.31. The minimum Gasteiger partial charge on any atom is -0.493 e. The fraction of sp³-hybridized carbons (Fsp3) is 0.472. The first-order valence-corrected chi connectivity index (χ1v) is 16.2. The third-order valence-corrected chi connectivity index (χ3v) is 9.35. The molecule has 2 aromatic carbocycles. The number of hydrogen-bond donors (Lipinski definition) is 2. The lowest BCUT2D eigenvalue weighted by atomic mass is 10.0. The third-order valence-electron chi connectivity index (χ3n) is 9.35. The van der Waals surface area contributed by atoms with E-state index in [1.165, 1.54) is 0 Å². The summed E-state index contributed by atoms with van der Waals surface area (Å²) < 4.78 is 18.0. The number of aliphatic hydroxyl groups excluding tert-OH is 1.